The lowest BCUT2D eigenvalue weighted by Crippen LogP contribution is -2.45. The first-order valence-electron chi connectivity index (χ1n) is 4.04. The fourth-order valence-corrected chi connectivity index (χ4v) is 1.98. The maximum absolute atomic E-state index is 5.56. The molecule has 0 unspecified atom stereocenters. The quantitative estimate of drug-likeness (QED) is 0.511. The van der Waals surface area contributed by atoms with Crippen molar-refractivity contribution in [1.82, 2.24) is 13.3 Å². The highest BCUT2D eigenvalue weighted by atomic mass is 127. The summed E-state index contributed by atoms with van der Waals surface area (Å²) in [4.78, 5) is 2.15. The monoisotopic (exact) mass is 281 g/mol. The van der Waals surface area contributed by atoms with Crippen LogP contribution in [0.5, 0.6) is 0 Å². The van der Waals surface area contributed by atoms with Gasteiger partial charge in [0.05, 0.1) is 29.4 Å². The SMILES string of the molecule is CN1CCNC2=C1OCCN2I. The molecule has 0 fully saturated rings. The average molecular weight is 281 g/mol. The van der Waals surface area contributed by atoms with Gasteiger partial charge >= 0.3 is 0 Å². The highest BCUT2D eigenvalue weighted by Crippen LogP contribution is 2.22. The molecule has 2 heterocycles. The summed E-state index contributed by atoms with van der Waals surface area (Å²) >= 11 is 2.31. The molecule has 0 spiro atoms. The maximum Gasteiger partial charge on any atom is 0.231 e. The molecule has 0 saturated heterocycles. The third kappa shape index (κ3) is 1.30. The van der Waals surface area contributed by atoms with Crippen molar-refractivity contribution >= 4 is 22.9 Å². The molecule has 4 nitrogen and oxygen atoms in total. The number of halogens is 1. The minimum Gasteiger partial charge on any atom is -0.475 e. The molecule has 0 aromatic heterocycles. The molecule has 0 saturated carbocycles. The molecule has 0 aliphatic carbocycles. The van der Waals surface area contributed by atoms with Gasteiger partial charge in [0.25, 0.3) is 0 Å². The van der Waals surface area contributed by atoms with E-state index in [1.165, 1.54) is 0 Å². The minimum atomic E-state index is 0.786. The Balaban J connectivity index is 2.26. The lowest BCUT2D eigenvalue weighted by Gasteiger charge is -2.37. The number of rotatable bonds is 0. The maximum atomic E-state index is 5.56. The zero-order chi connectivity index (χ0) is 8.55. The highest BCUT2D eigenvalue weighted by Gasteiger charge is 2.25. The van der Waals surface area contributed by atoms with E-state index in [-0.39, 0.29) is 0 Å². The lowest BCUT2D eigenvalue weighted by atomic mass is 10.4. The summed E-state index contributed by atoms with van der Waals surface area (Å²) in [5.74, 6) is 2.11. The van der Waals surface area contributed by atoms with Crippen LogP contribution in [-0.2, 0) is 4.74 Å². The van der Waals surface area contributed by atoms with Crippen molar-refractivity contribution in [2.24, 2.45) is 0 Å². The largest absolute Gasteiger partial charge is 0.475 e. The van der Waals surface area contributed by atoms with E-state index < -0.39 is 0 Å². The van der Waals surface area contributed by atoms with Crippen molar-refractivity contribution in [3.63, 3.8) is 0 Å². The van der Waals surface area contributed by atoms with Gasteiger partial charge in [-0.05, 0) is 0 Å². The van der Waals surface area contributed by atoms with Crippen LogP contribution in [0.4, 0.5) is 0 Å². The van der Waals surface area contributed by atoms with Gasteiger partial charge in [0, 0.05) is 20.1 Å². The van der Waals surface area contributed by atoms with Crippen molar-refractivity contribution in [1.29, 1.82) is 0 Å². The predicted molar refractivity (Wildman–Crippen MR) is 54.3 cm³/mol. The van der Waals surface area contributed by atoms with Crippen LogP contribution in [0.15, 0.2) is 11.7 Å². The second-order valence-electron chi connectivity index (χ2n) is 2.94. The van der Waals surface area contributed by atoms with Gasteiger partial charge in [-0.3, -0.25) is 3.11 Å². The van der Waals surface area contributed by atoms with E-state index in [1.807, 2.05) is 0 Å². The van der Waals surface area contributed by atoms with E-state index in [1.54, 1.807) is 0 Å². The Bertz CT molecular complexity index is 197. The molecule has 12 heavy (non-hydrogen) atoms. The van der Waals surface area contributed by atoms with Gasteiger partial charge in [0.1, 0.15) is 6.61 Å². The van der Waals surface area contributed by atoms with E-state index >= 15 is 0 Å². The van der Waals surface area contributed by atoms with Crippen LogP contribution >= 0.6 is 22.9 Å². The Morgan fingerprint density at radius 3 is 3.08 bits per heavy atom. The van der Waals surface area contributed by atoms with Crippen molar-refractivity contribution < 1.29 is 4.74 Å². The number of nitrogens with zero attached hydrogens (tertiary/aromatic N) is 2. The molecule has 0 amide bonds. The third-order valence-corrected chi connectivity index (χ3v) is 3.02. The summed E-state index contributed by atoms with van der Waals surface area (Å²) < 4.78 is 7.73. The minimum absolute atomic E-state index is 0.786. The van der Waals surface area contributed by atoms with Gasteiger partial charge in [-0.1, -0.05) is 0 Å². The first-order valence-corrected chi connectivity index (χ1v) is 5.01. The fraction of sp³-hybridized carbons (Fsp3) is 0.714. The van der Waals surface area contributed by atoms with Crippen molar-refractivity contribution in [3.05, 3.63) is 11.7 Å². The van der Waals surface area contributed by atoms with E-state index in [4.69, 9.17) is 4.74 Å². The molecule has 68 valence electrons. The summed E-state index contributed by atoms with van der Waals surface area (Å²) in [5.41, 5.74) is 0. The van der Waals surface area contributed by atoms with Crippen LogP contribution in [0.25, 0.3) is 0 Å². The summed E-state index contributed by atoms with van der Waals surface area (Å²) in [6, 6.07) is 0. The van der Waals surface area contributed by atoms with E-state index in [2.05, 4.69) is 43.2 Å². The second-order valence-corrected chi connectivity index (χ2v) is 4.10. The zero-order valence-corrected chi connectivity index (χ0v) is 9.17. The summed E-state index contributed by atoms with van der Waals surface area (Å²) in [6.07, 6.45) is 0. The third-order valence-electron chi connectivity index (χ3n) is 2.06. The van der Waals surface area contributed by atoms with Gasteiger partial charge in [-0.15, -0.1) is 0 Å². The predicted octanol–water partition coefficient (Wildman–Crippen LogP) is 0.330. The molecular weight excluding hydrogens is 269 g/mol. The summed E-state index contributed by atoms with van der Waals surface area (Å²) in [6.45, 7) is 3.76. The molecule has 0 atom stereocenters. The van der Waals surface area contributed by atoms with Crippen LogP contribution in [0.3, 0.4) is 0 Å². The topological polar surface area (TPSA) is 27.7 Å². The Morgan fingerprint density at radius 1 is 1.50 bits per heavy atom. The molecule has 0 aromatic carbocycles. The first-order chi connectivity index (χ1) is 5.79. The van der Waals surface area contributed by atoms with Gasteiger partial charge in [-0.2, -0.15) is 0 Å². The molecule has 0 bridgehead atoms. The number of ether oxygens (including phenoxy) is 1. The molecule has 2 aliphatic rings. The van der Waals surface area contributed by atoms with Crippen LogP contribution < -0.4 is 5.32 Å². The Hall–Kier alpha value is -0.330. The number of hydrogen-bond acceptors (Lipinski definition) is 4. The van der Waals surface area contributed by atoms with Gasteiger partial charge in [-0.25, -0.2) is 0 Å². The second kappa shape index (κ2) is 3.20. The summed E-state index contributed by atoms with van der Waals surface area (Å²) in [7, 11) is 2.06. The van der Waals surface area contributed by atoms with Crippen LogP contribution in [0, 0.1) is 0 Å². The van der Waals surface area contributed by atoms with Gasteiger partial charge in [0.2, 0.25) is 5.88 Å². The van der Waals surface area contributed by atoms with Gasteiger partial charge in [0.15, 0.2) is 5.82 Å². The normalized spacial score (nSPS) is 23.2. The molecule has 1 N–H and O–H groups in total. The van der Waals surface area contributed by atoms with Crippen molar-refractivity contribution in [2.75, 3.05) is 33.3 Å². The van der Waals surface area contributed by atoms with Crippen molar-refractivity contribution in [2.45, 2.75) is 0 Å². The number of hydrogen-bond donors (Lipinski definition) is 1. The smallest absolute Gasteiger partial charge is 0.231 e. The first kappa shape index (κ1) is 8.28. The van der Waals surface area contributed by atoms with E-state index in [0.29, 0.717) is 0 Å². The molecule has 0 aromatic rings. The van der Waals surface area contributed by atoms with E-state index in [9.17, 15) is 0 Å². The van der Waals surface area contributed by atoms with Gasteiger partial charge < -0.3 is 15.0 Å². The number of likely N-dealkylation sites (N-methyl/N-ethyl adjacent to an activating group) is 1. The molecular formula is C7H12IN3O. The van der Waals surface area contributed by atoms with Crippen molar-refractivity contribution in [3.8, 4) is 0 Å². The Kier molecular flexibility index (Phi) is 2.20. The molecule has 2 aliphatic heterocycles. The average Bonchev–Trinajstić information content (AvgIpc) is 2.07. The lowest BCUT2D eigenvalue weighted by molar-refractivity contribution is 0.0795. The zero-order valence-electron chi connectivity index (χ0n) is 7.01. The summed E-state index contributed by atoms with van der Waals surface area (Å²) in [5, 5.41) is 3.33. The molecule has 5 heteroatoms. The number of nitrogens with one attached hydrogen (secondary N) is 1. The Labute approximate surface area is 86.0 Å². The molecule has 2 rings (SSSR count). The fourth-order valence-electron chi connectivity index (χ4n) is 1.40. The van der Waals surface area contributed by atoms with Crippen LogP contribution in [0.2, 0.25) is 0 Å². The van der Waals surface area contributed by atoms with Crippen LogP contribution in [-0.4, -0.2) is 41.3 Å². The Morgan fingerprint density at radius 2 is 2.33 bits per heavy atom. The highest BCUT2D eigenvalue weighted by molar-refractivity contribution is 14.1. The van der Waals surface area contributed by atoms with Crippen LogP contribution in [0.1, 0.15) is 0 Å². The molecule has 0 radical (unpaired) electrons. The van der Waals surface area contributed by atoms with E-state index in [0.717, 1.165) is 37.9 Å². The standard InChI is InChI=1S/C7H12IN3O/c1-10-3-2-9-6-7(10)12-5-4-11(6)8/h9H,2-5H2,1H3.